The van der Waals surface area contributed by atoms with Crippen molar-refractivity contribution in [1.82, 2.24) is 72.8 Å². The van der Waals surface area contributed by atoms with Crippen molar-refractivity contribution in [2.24, 2.45) is 11.5 Å². The molecule has 90 heavy (non-hydrogen) atoms. The second-order valence-electron chi connectivity index (χ2n) is 19.8. The molecule has 536 valence electrons. The molecule has 0 unspecified atom stereocenters. The number of nitrogens with one attached hydrogen (secondary N) is 10. The first kappa shape index (κ1) is 96.4. The first-order chi connectivity index (χ1) is 41.9. The molecule has 0 fully saturated rings. The average Bonchev–Trinajstić information content (AvgIpc) is 1.61. The second kappa shape index (κ2) is 64.4. The van der Waals surface area contributed by atoms with Gasteiger partial charge in [-0.25, -0.2) is 0 Å². The van der Waals surface area contributed by atoms with Crippen molar-refractivity contribution >= 4 is 59.8 Å². The molecule has 0 aromatic heterocycles. The number of nitrogens with zero attached hydrogens (tertiary/aromatic N) is 4. The summed E-state index contributed by atoms with van der Waals surface area (Å²) in [7, 11) is 9.79. The molecule has 22 N–H and O–H groups in total. The van der Waals surface area contributed by atoms with Crippen LogP contribution in [0.5, 0.6) is 0 Å². The van der Waals surface area contributed by atoms with Crippen LogP contribution in [-0.4, -0.2) is 356 Å². The van der Waals surface area contributed by atoms with Crippen molar-refractivity contribution in [3.8, 4) is 0 Å². The van der Waals surface area contributed by atoms with Crippen molar-refractivity contribution in [3.05, 3.63) is 0 Å². The van der Waals surface area contributed by atoms with Crippen LogP contribution in [0.2, 0.25) is 0 Å². The number of nitrogens with two attached hydrogens (primary N) is 2. The number of amides is 6. The Morgan fingerprint density at radius 1 is 0.356 bits per heavy atom. The van der Waals surface area contributed by atoms with E-state index in [2.05, 4.69) is 99.3 Å². The quantitative estimate of drug-likeness (QED) is 0.0252. The number of esters is 2. The molecule has 35 heteroatoms. The van der Waals surface area contributed by atoms with Crippen molar-refractivity contribution < 1.29 is 88.7 Å². The predicted molar refractivity (Wildman–Crippen MR) is 345 cm³/mol. The molecule has 6 amide bonds. The molecule has 0 aromatic carbocycles. The first-order valence-corrected chi connectivity index (χ1v) is 30.0. The third kappa shape index (κ3) is 50.9. The Hall–Kier alpha value is -4.67. The highest BCUT2D eigenvalue weighted by Gasteiger charge is 2.39. The van der Waals surface area contributed by atoms with Gasteiger partial charge in [-0.05, 0) is 80.1 Å². The van der Waals surface area contributed by atoms with Crippen molar-refractivity contribution in [3.63, 3.8) is 0 Å². The zero-order chi connectivity index (χ0) is 67.8. The third-order valence-corrected chi connectivity index (χ3v) is 12.4. The van der Waals surface area contributed by atoms with E-state index in [0.29, 0.717) is 26.2 Å². The molecule has 34 nitrogen and oxygen atoms in total. The second-order valence-corrected chi connectivity index (χ2v) is 19.8. The number of methoxy groups -OCH3 is 2. The Bertz CT molecular complexity index is 1680. The summed E-state index contributed by atoms with van der Waals surface area (Å²) >= 11 is 0. The molecule has 0 aliphatic rings. The predicted octanol–water partition coefficient (Wildman–Crippen LogP) is -9.42. The monoisotopic (exact) mass is 1330 g/mol. The summed E-state index contributed by atoms with van der Waals surface area (Å²) < 4.78 is 8.47. The first-order valence-electron chi connectivity index (χ1n) is 30.0. The standard InChI is InChI=1S/C26H54N8O8.C12H20N2O10.2C8H21N3.CH4.ClH/c1-5-11-33(13-7-27-3)15-9-29-19(35)17-31-25(41)23(39)21(37)22(38)24(40)26(42)32-18-20(36)30-10-16-34(12-6-2)14-8-28-4;1-23-5(15)3-13-11(21)9(19)7(17)8(18)10(20)12(22)14-4-6(16)24-2;2*1-3-6-11(7-4-9)8-5-10-2;;/h21-24,27-28,37-40H,5-18H2,1-4H3,(H,29,35)(H,30,36)(H,31,41)(H,32,42);7-10,17-20H,3-4H2,1-2H3,(H,13,21)(H,14,22);2*10H,3-9H2,1-2H3;1H4;1H/t21-,22-,23-,24+;7-,8-,9-,10+;;;;/m00..../s1. The van der Waals surface area contributed by atoms with Gasteiger partial charge in [0.05, 0.1) is 27.3 Å². The smallest absolute Gasteiger partial charge is 0.325 e. The summed E-state index contributed by atoms with van der Waals surface area (Å²) in [6.07, 6.45) is -13.6. The van der Waals surface area contributed by atoms with Gasteiger partial charge >= 0.3 is 11.9 Å². The van der Waals surface area contributed by atoms with Crippen LogP contribution in [0.1, 0.15) is 60.8 Å². The lowest BCUT2D eigenvalue weighted by molar-refractivity contribution is -0.157. The number of hydrogen-bond acceptors (Lipinski definition) is 28. The number of carbonyl (C=O) groups is 8. The molecule has 0 heterocycles. The van der Waals surface area contributed by atoms with Gasteiger partial charge in [0, 0.05) is 105 Å². The molecule has 0 rings (SSSR count). The maximum Gasteiger partial charge on any atom is 0.325 e. The molecular formula is C55H121ClN16O18. The molecule has 0 bridgehead atoms. The number of aliphatic hydroxyl groups is 8. The fourth-order valence-corrected chi connectivity index (χ4v) is 7.47. The van der Waals surface area contributed by atoms with E-state index in [1.54, 1.807) is 0 Å². The number of likely N-dealkylation sites (N-methyl/N-ethyl adjacent to an activating group) is 4. The molecule has 0 saturated carbocycles. The molecule has 0 aromatic rings. The molecular weight excluding hydrogens is 1210 g/mol. The number of ether oxygens (including phenoxy) is 2. The molecule has 0 saturated heterocycles. The van der Waals surface area contributed by atoms with E-state index in [0.717, 1.165) is 119 Å². The van der Waals surface area contributed by atoms with Gasteiger partial charge in [0.2, 0.25) is 11.8 Å². The van der Waals surface area contributed by atoms with Crippen LogP contribution in [0.3, 0.4) is 0 Å². The average molecular weight is 1330 g/mol. The van der Waals surface area contributed by atoms with E-state index in [9.17, 15) is 79.2 Å². The normalized spacial score (nSPS) is 13.4. The van der Waals surface area contributed by atoms with Crippen LogP contribution in [0, 0.1) is 0 Å². The maximum absolute atomic E-state index is 12.2. The van der Waals surface area contributed by atoms with Gasteiger partial charge in [0.15, 0.2) is 24.4 Å². The van der Waals surface area contributed by atoms with Gasteiger partial charge in [-0.1, -0.05) is 35.1 Å². The lowest BCUT2D eigenvalue weighted by Gasteiger charge is -2.25. The zero-order valence-corrected chi connectivity index (χ0v) is 55.2. The maximum atomic E-state index is 12.2. The van der Waals surface area contributed by atoms with E-state index < -0.39 is 122 Å². The summed E-state index contributed by atoms with van der Waals surface area (Å²) in [5.41, 5.74) is 10.9. The van der Waals surface area contributed by atoms with Crippen LogP contribution in [0.4, 0.5) is 0 Å². The van der Waals surface area contributed by atoms with Gasteiger partial charge in [0.25, 0.3) is 23.6 Å². The Morgan fingerprint density at radius 2 is 0.567 bits per heavy atom. The zero-order valence-electron chi connectivity index (χ0n) is 54.4. The van der Waals surface area contributed by atoms with Crippen molar-refractivity contribution in [1.29, 1.82) is 0 Å². The summed E-state index contributed by atoms with van der Waals surface area (Å²) in [5, 5.41) is 104. The molecule has 0 aliphatic carbocycles. The van der Waals surface area contributed by atoms with Crippen LogP contribution >= 0.6 is 12.4 Å². The van der Waals surface area contributed by atoms with E-state index in [1.165, 1.54) is 25.9 Å². The van der Waals surface area contributed by atoms with Crippen LogP contribution in [0.15, 0.2) is 0 Å². The highest BCUT2D eigenvalue weighted by Crippen LogP contribution is 2.08. The molecule has 0 radical (unpaired) electrons. The van der Waals surface area contributed by atoms with E-state index in [1.807, 2.05) is 38.8 Å². The molecule has 8 atom stereocenters. The highest BCUT2D eigenvalue weighted by molar-refractivity contribution is 5.89. The minimum atomic E-state index is -2.25. The lowest BCUT2D eigenvalue weighted by atomic mass is 10.0. The number of aliphatic hydroxyl groups excluding tert-OH is 8. The summed E-state index contributed by atoms with van der Waals surface area (Å²) in [4.78, 5) is 102. The third-order valence-electron chi connectivity index (χ3n) is 12.4. The van der Waals surface area contributed by atoms with Crippen LogP contribution in [0.25, 0.3) is 0 Å². The van der Waals surface area contributed by atoms with E-state index in [-0.39, 0.29) is 19.8 Å². The Kier molecular flexibility index (Phi) is 69.0. The minimum absolute atomic E-state index is 0. The summed E-state index contributed by atoms with van der Waals surface area (Å²) in [6, 6.07) is 0. The lowest BCUT2D eigenvalue weighted by Crippen LogP contribution is -2.55. The fourth-order valence-electron chi connectivity index (χ4n) is 7.47. The number of rotatable bonds is 48. The number of hydrogen-bond donors (Lipinski definition) is 20. The van der Waals surface area contributed by atoms with Crippen molar-refractivity contribution in [2.45, 2.75) is 110 Å². The molecule has 0 aliphatic heterocycles. The summed E-state index contributed by atoms with van der Waals surface area (Å²) in [6.45, 7) is 23.4. The Morgan fingerprint density at radius 3 is 0.767 bits per heavy atom. The van der Waals surface area contributed by atoms with Crippen molar-refractivity contribution in [2.75, 3.05) is 199 Å². The Balaban J connectivity index is -0.000000306. The van der Waals surface area contributed by atoms with Gasteiger partial charge in [-0.2, -0.15) is 0 Å². The number of carbonyl (C=O) groups excluding carboxylic acids is 8. The highest BCUT2D eigenvalue weighted by atomic mass is 35.5. The Labute approximate surface area is 540 Å². The minimum Gasteiger partial charge on any atom is -0.468 e. The van der Waals surface area contributed by atoms with Gasteiger partial charge in [0.1, 0.15) is 37.5 Å². The topological polar surface area (TPSA) is 502 Å². The SMILES string of the molecule is C.CCCN(CCN)CCNC.CCCN(CCN)CCNC.CCCN(CCNC)CCNC(=O)CNC(=O)[C@@H](O)[C@@H](O)[C@H](O)[C@@H](O)C(=O)NCC(=O)NCCN(CCC)CCNC.COC(=O)CNC(=O)[C@@H](O)[C@@H](O)[C@H](O)[C@@H](O)C(=O)NCC(=O)OC.Cl. The number of halogens is 1. The van der Waals surface area contributed by atoms with Crippen LogP contribution < -0.4 is 64.6 Å². The van der Waals surface area contributed by atoms with Gasteiger partial charge in [-0.3, -0.25) is 38.4 Å². The van der Waals surface area contributed by atoms with Gasteiger partial charge in [-0.15, -0.1) is 12.4 Å². The fraction of sp³-hybridized carbons (Fsp3) is 0.855. The van der Waals surface area contributed by atoms with Crippen LogP contribution in [-0.2, 0) is 47.8 Å². The van der Waals surface area contributed by atoms with Gasteiger partial charge < -0.3 is 135 Å². The molecule has 0 spiro atoms. The summed E-state index contributed by atoms with van der Waals surface area (Å²) in [5.74, 6) is -7.55. The van der Waals surface area contributed by atoms with E-state index >= 15 is 0 Å². The van der Waals surface area contributed by atoms with E-state index in [4.69, 9.17) is 11.5 Å². The largest absolute Gasteiger partial charge is 0.468 e.